The number of ether oxygens (including phenoxy) is 1. The molecule has 0 aromatic heterocycles. The lowest BCUT2D eigenvalue weighted by Gasteiger charge is -2.37. The topological polar surface area (TPSA) is 57.2 Å². The minimum Gasteiger partial charge on any atom is -0.368 e. The molecule has 1 saturated carbocycles. The van der Waals surface area contributed by atoms with Crippen molar-refractivity contribution in [1.82, 2.24) is 15.1 Å². The Bertz CT molecular complexity index is 725. The van der Waals surface area contributed by atoms with Crippen molar-refractivity contribution >= 4 is 35.8 Å². The fraction of sp³-hybridized carbons (Fsp3) is 0.619. The van der Waals surface area contributed by atoms with Gasteiger partial charge in [-0.05, 0) is 43.4 Å². The molecule has 2 saturated heterocycles. The zero-order valence-corrected chi connectivity index (χ0v) is 19.2. The first-order valence-corrected chi connectivity index (χ1v) is 10.2. The van der Waals surface area contributed by atoms with Gasteiger partial charge in [0.1, 0.15) is 11.9 Å². The highest BCUT2D eigenvalue weighted by Gasteiger charge is 2.44. The number of halogens is 2. The smallest absolute Gasteiger partial charge is 0.251 e. The molecule has 29 heavy (non-hydrogen) atoms. The number of nitrogens with one attached hydrogen (secondary N) is 1. The van der Waals surface area contributed by atoms with E-state index in [1.165, 1.54) is 17.7 Å². The summed E-state index contributed by atoms with van der Waals surface area (Å²) in [6.07, 6.45) is 3.78. The average molecular weight is 516 g/mol. The highest BCUT2D eigenvalue weighted by Crippen LogP contribution is 2.47. The number of hydrogen-bond acceptors (Lipinski definition) is 3. The van der Waals surface area contributed by atoms with E-state index in [1.807, 2.05) is 17.0 Å². The Morgan fingerprint density at radius 1 is 1.21 bits per heavy atom. The van der Waals surface area contributed by atoms with Crippen LogP contribution >= 0.6 is 24.0 Å². The van der Waals surface area contributed by atoms with Gasteiger partial charge in [0.05, 0.1) is 0 Å². The summed E-state index contributed by atoms with van der Waals surface area (Å²) in [5.41, 5.74) is 1.27. The maximum atomic E-state index is 13.2. The number of rotatable bonds is 4. The molecule has 1 aromatic rings. The first kappa shape index (κ1) is 22.3. The molecule has 6 nitrogen and oxygen atoms in total. The Labute approximate surface area is 188 Å². The zero-order valence-electron chi connectivity index (χ0n) is 16.9. The van der Waals surface area contributed by atoms with Crippen LogP contribution in [0.5, 0.6) is 0 Å². The average Bonchev–Trinajstić information content (AvgIpc) is 3.31. The van der Waals surface area contributed by atoms with Crippen molar-refractivity contribution < 1.29 is 13.9 Å². The molecule has 1 atom stereocenters. The zero-order chi connectivity index (χ0) is 19.6. The van der Waals surface area contributed by atoms with E-state index >= 15 is 0 Å². The van der Waals surface area contributed by atoms with Crippen LogP contribution in [0.15, 0.2) is 29.3 Å². The summed E-state index contributed by atoms with van der Waals surface area (Å²) in [7, 11) is 1.80. The van der Waals surface area contributed by atoms with Gasteiger partial charge in [-0.3, -0.25) is 9.79 Å². The largest absolute Gasteiger partial charge is 0.368 e. The van der Waals surface area contributed by atoms with Crippen molar-refractivity contribution in [3.05, 3.63) is 35.6 Å². The second-order valence-corrected chi connectivity index (χ2v) is 8.00. The maximum absolute atomic E-state index is 13.2. The lowest BCUT2D eigenvalue weighted by atomic mass is 9.96. The lowest BCUT2D eigenvalue weighted by molar-refractivity contribution is -0.142. The predicted octanol–water partition coefficient (Wildman–Crippen LogP) is 2.37. The monoisotopic (exact) mass is 516 g/mol. The molecule has 1 N–H and O–H groups in total. The van der Waals surface area contributed by atoms with E-state index in [2.05, 4.69) is 15.2 Å². The van der Waals surface area contributed by atoms with Gasteiger partial charge in [-0.2, -0.15) is 0 Å². The van der Waals surface area contributed by atoms with Crippen molar-refractivity contribution in [2.24, 2.45) is 4.99 Å². The van der Waals surface area contributed by atoms with Gasteiger partial charge in [0.25, 0.3) is 5.91 Å². The van der Waals surface area contributed by atoms with Crippen LogP contribution in [0, 0.1) is 5.82 Å². The Kier molecular flexibility index (Phi) is 7.37. The van der Waals surface area contributed by atoms with Crippen LogP contribution in [0.25, 0.3) is 0 Å². The molecule has 3 aliphatic rings. The van der Waals surface area contributed by atoms with E-state index in [-0.39, 0.29) is 47.2 Å². The lowest BCUT2D eigenvalue weighted by Crippen LogP contribution is -2.55. The Hall–Kier alpha value is -1.42. The number of aliphatic imine (C=N–C) groups is 1. The fourth-order valence-electron chi connectivity index (χ4n) is 4.22. The molecular formula is C21H30FIN4O2. The molecule has 4 rings (SSSR count). The summed E-state index contributed by atoms with van der Waals surface area (Å²) in [5.74, 6) is 0.810. The highest BCUT2D eigenvalue weighted by atomic mass is 127. The third-order valence-corrected chi connectivity index (χ3v) is 6.20. The maximum Gasteiger partial charge on any atom is 0.251 e. The number of guanidine groups is 1. The fourth-order valence-corrected chi connectivity index (χ4v) is 4.22. The van der Waals surface area contributed by atoms with Gasteiger partial charge < -0.3 is 19.9 Å². The van der Waals surface area contributed by atoms with Crippen molar-refractivity contribution in [2.45, 2.75) is 37.2 Å². The molecule has 8 heteroatoms. The summed E-state index contributed by atoms with van der Waals surface area (Å²) >= 11 is 0. The second kappa shape index (κ2) is 9.59. The van der Waals surface area contributed by atoms with E-state index in [0.29, 0.717) is 19.7 Å². The molecule has 1 unspecified atom stereocenters. The van der Waals surface area contributed by atoms with Crippen LogP contribution in [-0.2, 0) is 14.9 Å². The normalized spacial score (nSPS) is 23.5. The number of carbonyl (C=O) groups excluding carboxylic acids is 1. The van der Waals surface area contributed by atoms with Gasteiger partial charge in [0.15, 0.2) is 5.96 Å². The number of nitrogens with zero attached hydrogens (tertiary/aromatic N) is 3. The van der Waals surface area contributed by atoms with Gasteiger partial charge >= 0.3 is 0 Å². The third kappa shape index (κ3) is 5.02. The van der Waals surface area contributed by atoms with E-state index in [0.717, 1.165) is 51.3 Å². The highest BCUT2D eigenvalue weighted by molar-refractivity contribution is 14.0. The molecule has 0 radical (unpaired) electrons. The van der Waals surface area contributed by atoms with Gasteiger partial charge in [-0.1, -0.05) is 12.1 Å². The van der Waals surface area contributed by atoms with Crippen molar-refractivity contribution in [3.8, 4) is 0 Å². The van der Waals surface area contributed by atoms with Crippen LogP contribution < -0.4 is 5.32 Å². The number of hydrogen-bond donors (Lipinski definition) is 1. The SMILES string of the molecule is CN=C(NCC1(c2ccc(F)cc2)CC1)N1CCN(C(=O)C2CCCO2)CC1.I. The van der Waals surface area contributed by atoms with Crippen LogP contribution in [0.3, 0.4) is 0 Å². The molecule has 1 aliphatic carbocycles. The first-order valence-electron chi connectivity index (χ1n) is 10.2. The van der Waals surface area contributed by atoms with E-state index < -0.39 is 0 Å². The number of piperazine rings is 1. The molecule has 1 aromatic carbocycles. The van der Waals surface area contributed by atoms with Crippen molar-refractivity contribution in [3.63, 3.8) is 0 Å². The van der Waals surface area contributed by atoms with Crippen molar-refractivity contribution in [1.29, 1.82) is 0 Å². The molecule has 0 bridgehead atoms. The molecule has 160 valence electrons. The summed E-state index contributed by atoms with van der Waals surface area (Å²) in [6, 6.07) is 6.85. The quantitative estimate of drug-likeness (QED) is 0.380. The van der Waals surface area contributed by atoms with Crippen molar-refractivity contribution in [2.75, 3.05) is 46.4 Å². The van der Waals surface area contributed by atoms with E-state index in [1.54, 1.807) is 7.05 Å². The summed E-state index contributed by atoms with van der Waals surface area (Å²) in [5, 5.41) is 3.51. The molecule has 2 aliphatic heterocycles. The molecular weight excluding hydrogens is 486 g/mol. The van der Waals surface area contributed by atoms with Gasteiger partial charge in [-0.15, -0.1) is 24.0 Å². The second-order valence-electron chi connectivity index (χ2n) is 8.00. The van der Waals surface area contributed by atoms with Crippen LogP contribution in [0.4, 0.5) is 4.39 Å². The predicted molar refractivity (Wildman–Crippen MR) is 121 cm³/mol. The van der Waals surface area contributed by atoms with Gasteiger partial charge in [-0.25, -0.2) is 4.39 Å². The minimum absolute atomic E-state index is 0. The van der Waals surface area contributed by atoms with Crippen LogP contribution in [0.1, 0.15) is 31.2 Å². The van der Waals surface area contributed by atoms with Crippen LogP contribution in [-0.4, -0.2) is 74.1 Å². The van der Waals surface area contributed by atoms with Gasteiger partial charge in [0, 0.05) is 51.8 Å². The number of carbonyl (C=O) groups is 1. The third-order valence-electron chi connectivity index (χ3n) is 6.20. The molecule has 2 heterocycles. The summed E-state index contributed by atoms with van der Waals surface area (Å²) < 4.78 is 18.7. The van der Waals surface area contributed by atoms with E-state index in [4.69, 9.17) is 4.74 Å². The van der Waals surface area contributed by atoms with E-state index in [9.17, 15) is 9.18 Å². The Balaban J connectivity index is 0.00000240. The Morgan fingerprint density at radius 3 is 2.41 bits per heavy atom. The summed E-state index contributed by atoms with van der Waals surface area (Å²) in [4.78, 5) is 21.1. The number of benzene rings is 1. The first-order chi connectivity index (χ1) is 13.6. The number of amides is 1. The Morgan fingerprint density at radius 2 is 1.86 bits per heavy atom. The molecule has 0 spiro atoms. The molecule has 1 amide bonds. The molecule has 3 fully saturated rings. The standard InChI is InChI=1S/C21H29FN4O2.HI/c1-23-20(24-15-21(8-9-21)16-4-6-17(22)7-5-16)26-12-10-25(11-13-26)19(27)18-3-2-14-28-18;/h4-7,18H,2-3,8-15H2,1H3,(H,23,24);1H. The van der Waals surface area contributed by atoms with Crippen LogP contribution in [0.2, 0.25) is 0 Å². The minimum atomic E-state index is -0.241. The van der Waals surface area contributed by atoms with Gasteiger partial charge in [0.2, 0.25) is 0 Å². The summed E-state index contributed by atoms with van der Waals surface area (Å²) in [6.45, 7) is 4.41.